The molecule has 316 valence electrons. The normalized spacial score (nSPS) is 26.9. The van der Waals surface area contributed by atoms with Crippen molar-refractivity contribution in [1.29, 1.82) is 0 Å². The summed E-state index contributed by atoms with van der Waals surface area (Å²) in [6, 6.07) is 10.2. The molecule has 3 N–H and O–H groups in total. The number of rotatable bonds is 9. The number of ether oxygens (including phenoxy) is 3. The van der Waals surface area contributed by atoms with Gasteiger partial charge in [-0.15, -0.1) is 10.2 Å². The summed E-state index contributed by atoms with van der Waals surface area (Å²) >= 11 is 0. The Morgan fingerprint density at radius 3 is 2.25 bits per heavy atom. The van der Waals surface area contributed by atoms with E-state index in [-0.39, 0.29) is 19.3 Å². The molecule has 4 amide bonds. The zero-order valence-electron chi connectivity index (χ0n) is 33.9. The van der Waals surface area contributed by atoms with Crippen LogP contribution in [-0.4, -0.2) is 100 Å². The Labute approximate surface area is 343 Å². The van der Waals surface area contributed by atoms with E-state index in [1.807, 2.05) is 12.2 Å². The van der Waals surface area contributed by atoms with Crippen LogP contribution < -0.4 is 24.8 Å². The predicted molar refractivity (Wildman–Crippen MR) is 214 cm³/mol. The van der Waals surface area contributed by atoms with E-state index in [4.69, 9.17) is 19.3 Å². The van der Waals surface area contributed by atoms with Crippen LogP contribution in [0.25, 0.3) is 11.4 Å². The van der Waals surface area contributed by atoms with Crippen molar-refractivity contribution < 1.29 is 41.8 Å². The SMILES string of the molecule is COc1ccc(-c2nnn([C@@H]3CC4C(=O)NC5(C(=O)NS(=O)(=O)C6CC6)CC5/C=C\CCCCCC(NC(=O)OC(C)(C)C)C(=O)N4[C@H]3c3ccc(OC)cc3)n2)cc1. The van der Waals surface area contributed by atoms with E-state index in [1.54, 1.807) is 76.4 Å². The number of nitrogens with zero attached hydrogens (tertiary/aromatic N) is 5. The molecule has 3 aromatic rings. The Morgan fingerprint density at radius 1 is 0.932 bits per heavy atom. The average Bonchev–Trinajstić information content (AvgIpc) is 4.08. The van der Waals surface area contributed by atoms with Crippen LogP contribution in [-0.2, 0) is 29.1 Å². The number of carbonyl (C=O) groups is 4. The average molecular weight is 833 g/mol. The molecular weight excluding hydrogens is 781 g/mol. The van der Waals surface area contributed by atoms with Gasteiger partial charge in [0.1, 0.15) is 40.8 Å². The number of hydrogen-bond donors (Lipinski definition) is 3. The molecule has 1 saturated heterocycles. The molecule has 3 fully saturated rings. The molecule has 2 aliphatic carbocycles. The smallest absolute Gasteiger partial charge is 0.408 e. The van der Waals surface area contributed by atoms with Crippen molar-refractivity contribution in [2.45, 2.75) is 119 Å². The van der Waals surface area contributed by atoms with Gasteiger partial charge >= 0.3 is 6.09 Å². The van der Waals surface area contributed by atoms with E-state index in [2.05, 4.69) is 25.7 Å². The second kappa shape index (κ2) is 16.6. The minimum Gasteiger partial charge on any atom is -0.497 e. The van der Waals surface area contributed by atoms with E-state index in [0.29, 0.717) is 54.1 Å². The minimum atomic E-state index is -3.94. The van der Waals surface area contributed by atoms with E-state index < -0.39 is 80.3 Å². The first-order valence-electron chi connectivity index (χ1n) is 20.1. The summed E-state index contributed by atoms with van der Waals surface area (Å²) in [5, 5.41) is 18.6. The fourth-order valence-corrected chi connectivity index (χ4v) is 9.27. The molecule has 2 aliphatic heterocycles. The van der Waals surface area contributed by atoms with E-state index in [9.17, 15) is 22.8 Å². The van der Waals surface area contributed by atoms with Crippen molar-refractivity contribution in [2.75, 3.05) is 14.2 Å². The third-order valence-electron chi connectivity index (χ3n) is 11.2. The van der Waals surface area contributed by atoms with Gasteiger partial charge in [0, 0.05) is 17.9 Å². The number of methoxy groups -OCH3 is 2. The molecule has 0 bridgehead atoms. The van der Waals surface area contributed by atoms with Crippen LogP contribution in [0.1, 0.15) is 96.2 Å². The molecule has 4 unspecified atom stereocenters. The van der Waals surface area contributed by atoms with E-state index >= 15 is 4.79 Å². The van der Waals surface area contributed by atoms with Crippen molar-refractivity contribution in [3.05, 3.63) is 66.2 Å². The quantitative estimate of drug-likeness (QED) is 0.260. The molecule has 18 heteroatoms. The van der Waals surface area contributed by atoms with Crippen molar-refractivity contribution in [1.82, 2.24) is 40.5 Å². The third kappa shape index (κ3) is 9.21. The number of alkyl carbamates (subject to hydrolysis) is 1. The topological polar surface area (TPSA) is 213 Å². The maximum atomic E-state index is 15.3. The van der Waals surface area contributed by atoms with Gasteiger partial charge in [0.25, 0.3) is 5.91 Å². The Kier molecular flexibility index (Phi) is 11.7. The minimum absolute atomic E-state index is 0.0234. The number of benzene rings is 2. The Hall–Kier alpha value is -5.52. The predicted octanol–water partition coefficient (Wildman–Crippen LogP) is 4.14. The van der Waals surface area contributed by atoms with Crippen molar-refractivity contribution in [3.63, 3.8) is 0 Å². The van der Waals surface area contributed by atoms with Crippen LogP contribution in [0.3, 0.4) is 0 Å². The van der Waals surface area contributed by atoms with Crippen LogP contribution in [0, 0.1) is 5.92 Å². The first-order chi connectivity index (χ1) is 28.1. The molecule has 17 nitrogen and oxygen atoms in total. The highest BCUT2D eigenvalue weighted by Crippen LogP contribution is 2.48. The highest BCUT2D eigenvalue weighted by molar-refractivity contribution is 7.91. The van der Waals surface area contributed by atoms with Gasteiger partial charge in [-0.05, 0) is 106 Å². The number of amides is 4. The lowest BCUT2D eigenvalue weighted by Crippen LogP contribution is -2.58. The van der Waals surface area contributed by atoms with Gasteiger partial charge < -0.3 is 29.7 Å². The summed E-state index contributed by atoms with van der Waals surface area (Å²) in [6.45, 7) is 5.17. The zero-order chi connectivity index (χ0) is 42.1. The second-order valence-corrected chi connectivity index (χ2v) is 18.6. The molecule has 1 aromatic heterocycles. The van der Waals surface area contributed by atoms with Crippen LogP contribution >= 0.6 is 0 Å². The van der Waals surface area contributed by atoms with Gasteiger partial charge in [0.15, 0.2) is 0 Å². The summed E-state index contributed by atoms with van der Waals surface area (Å²) < 4.78 is 44.6. The fraction of sp³-hybridized carbons (Fsp3) is 0.537. The number of aromatic nitrogens is 4. The summed E-state index contributed by atoms with van der Waals surface area (Å²) in [5.74, 6) is -1.01. The van der Waals surface area contributed by atoms with Crippen LogP contribution in [0.15, 0.2) is 60.7 Å². The first-order valence-corrected chi connectivity index (χ1v) is 21.6. The highest BCUT2D eigenvalue weighted by atomic mass is 32.2. The number of hydrogen-bond acceptors (Lipinski definition) is 12. The Balaban J connectivity index is 1.32. The molecule has 2 aromatic carbocycles. The monoisotopic (exact) mass is 832 g/mol. The largest absolute Gasteiger partial charge is 0.497 e. The van der Waals surface area contributed by atoms with Crippen LogP contribution in [0.2, 0.25) is 0 Å². The number of nitrogens with one attached hydrogen (secondary N) is 3. The van der Waals surface area contributed by atoms with Gasteiger partial charge in [-0.2, -0.15) is 4.80 Å². The maximum Gasteiger partial charge on any atom is 0.408 e. The molecule has 0 radical (unpaired) electrons. The molecule has 59 heavy (non-hydrogen) atoms. The van der Waals surface area contributed by atoms with Gasteiger partial charge in [-0.25, -0.2) is 13.2 Å². The summed E-state index contributed by atoms with van der Waals surface area (Å²) in [4.78, 5) is 60.3. The second-order valence-electron chi connectivity index (χ2n) is 16.7. The number of tetrazole rings is 1. The molecule has 3 heterocycles. The Bertz CT molecular complexity index is 2180. The van der Waals surface area contributed by atoms with Gasteiger partial charge in [-0.1, -0.05) is 37.1 Å². The van der Waals surface area contributed by atoms with Gasteiger partial charge in [0.05, 0.1) is 25.5 Å². The molecule has 6 atom stereocenters. The summed E-state index contributed by atoms with van der Waals surface area (Å²) in [6.07, 6.45) is 7.04. The number of fused-ring (bicyclic) bond motifs is 2. The van der Waals surface area contributed by atoms with Gasteiger partial charge in [0.2, 0.25) is 27.7 Å². The standard InChI is InChI=1S/C41H52N8O9S/c1-40(2,3)58-39(53)42-31-12-10-8-6-7-9-11-27-24-41(27,38(52)46-59(54,55)30-21-22-30)43-36(50)33-23-32(34(48(33)37(31)51)25-13-17-28(56-4)18-14-25)49-45-35(44-47-49)26-15-19-29(57-5)20-16-26/h9,11,13-20,27,30-34H,6-8,10,12,21-24H2,1-5H3,(H,42,53)(H,43,50)(H,46,52)/b11-9-/t27?,31?,32-,33?,34+,41?/m1/s1. The molecule has 4 aliphatic rings. The van der Waals surface area contributed by atoms with E-state index in [0.717, 1.165) is 12.8 Å². The fourth-order valence-electron chi connectivity index (χ4n) is 7.90. The first kappa shape index (κ1) is 41.6. The van der Waals surface area contributed by atoms with Crippen molar-refractivity contribution in [3.8, 4) is 22.9 Å². The number of sulfonamides is 1. The lowest BCUT2D eigenvalue weighted by Gasteiger charge is -2.35. The summed E-state index contributed by atoms with van der Waals surface area (Å²) in [5.41, 5.74) is -1.15. The van der Waals surface area contributed by atoms with Crippen LogP contribution in [0.4, 0.5) is 4.79 Å². The van der Waals surface area contributed by atoms with Crippen molar-refractivity contribution >= 4 is 33.8 Å². The van der Waals surface area contributed by atoms with Gasteiger partial charge in [-0.3, -0.25) is 19.1 Å². The highest BCUT2D eigenvalue weighted by Gasteiger charge is 2.62. The van der Waals surface area contributed by atoms with Crippen LogP contribution in [0.5, 0.6) is 11.5 Å². The molecule has 0 spiro atoms. The lowest BCUT2D eigenvalue weighted by molar-refractivity contribution is -0.143. The van der Waals surface area contributed by atoms with E-state index in [1.165, 1.54) is 16.8 Å². The van der Waals surface area contributed by atoms with Crippen molar-refractivity contribution in [2.24, 2.45) is 5.92 Å². The Morgan fingerprint density at radius 2 is 1.61 bits per heavy atom. The number of carbonyl (C=O) groups excluding carboxylic acids is 4. The third-order valence-corrected chi connectivity index (χ3v) is 13.1. The lowest BCUT2D eigenvalue weighted by atomic mass is 9.99. The molecular formula is C41H52N8O9S. The number of allylic oxidation sites excluding steroid dienone is 1. The zero-order valence-corrected chi connectivity index (χ0v) is 34.7. The summed E-state index contributed by atoms with van der Waals surface area (Å²) in [7, 11) is -0.842. The maximum absolute atomic E-state index is 15.3. The molecule has 7 rings (SSSR count). The molecule has 2 saturated carbocycles.